The van der Waals surface area contributed by atoms with Crippen LogP contribution in [0.5, 0.6) is 0 Å². The number of carbonyl (C=O) groups is 1. The molecule has 5 nitrogen and oxygen atoms in total. The van der Waals surface area contributed by atoms with E-state index in [4.69, 9.17) is 22.4 Å². The van der Waals surface area contributed by atoms with E-state index in [0.717, 1.165) is 18.4 Å². The molecule has 0 amide bonds. The smallest absolute Gasteiger partial charge is 0.358 e. The highest BCUT2D eigenvalue weighted by Crippen LogP contribution is 2.29. The van der Waals surface area contributed by atoms with Gasteiger partial charge in [-0.15, -0.1) is 10.2 Å². The lowest BCUT2D eigenvalue weighted by atomic mass is 10.0. The molecule has 0 spiro atoms. The van der Waals surface area contributed by atoms with Crippen LogP contribution in [-0.4, -0.2) is 21.3 Å². The number of benzene rings is 1. The summed E-state index contributed by atoms with van der Waals surface area (Å²) in [5.74, 6) is -1.19. The Labute approximate surface area is 109 Å². The fourth-order valence-corrected chi connectivity index (χ4v) is 2.12. The van der Waals surface area contributed by atoms with Gasteiger partial charge in [0.1, 0.15) is 0 Å². The normalized spacial score (nSPS) is 10.8. The molecule has 0 radical (unpaired) electrons. The molecular weight excluding hydrogens is 254 g/mol. The number of carboxylic acid groups (broad SMARTS) is 1. The molecule has 0 saturated carbocycles. The van der Waals surface area contributed by atoms with E-state index in [2.05, 4.69) is 10.2 Å². The van der Waals surface area contributed by atoms with Crippen molar-refractivity contribution >= 4 is 34.2 Å². The molecular formula is C12H12ClN3O2. The van der Waals surface area contributed by atoms with Gasteiger partial charge >= 0.3 is 5.97 Å². The molecule has 0 aliphatic carbocycles. The van der Waals surface area contributed by atoms with Crippen molar-refractivity contribution in [2.75, 3.05) is 5.73 Å². The van der Waals surface area contributed by atoms with Crippen molar-refractivity contribution < 1.29 is 9.90 Å². The van der Waals surface area contributed by atoms with E-state index in [1.807, 2.05) is 6.92 Å². The lowest BCUT2D eigenvalue weighted by Gasteiger charge is -2.09. The van der Waals surface area contributed by atoms with Crippen LogP contribution >= 0.6 is 11.6 Å². The second kappa shape index (κ2) is 4.78. The molecule has 0 unspecified atom stereocenters. The molecule has 6 heteroatoms. The number of nitrogen functional groups attached to an aromatic ring is 1. The number of aromatic carboxylic acids is 1. The fraction of sp³-hybridized carbons (Fsp3) is 0.250. The zero-order valence-electron chi connectivity index (χ0n) is 9.77. The summed E-state index contributed by atoms with van der Waals surface area (Å²) in [7, 11) is 0. The van der Waals surface area contributed by atoms with E-state index in [9.17, 15) is 4.79 Å². The van der Waals surface area contributed by atoms with E-state index < -0.39 is 5.97 Å². The van der Waals surface area contributed by atoms with Gasteiger partial charge in [-0.3, -0.25) is 0 Å². The first-order valence-corrected chi connectivity index (χ1v) is 5.90. The van der Waals surface area contributed by atoms with Crippen LogP contribution in [0.4, 0.5) is 5.69 Å². The second-order valence-corrected chi connectivity index (χ2v) is 4.35. The maximum absolute atomic E-state index is 10.9. The molecule has 18 heavy (non-hydrogen) atoms. The first kappa shape index (κ1) is 12.6. The standard InChI is InChI=1S/C12H12ClN3O2/c1-2-3-6-8(13)5-4-7-9(14)11(12(17)18)16-15-10(6)7/h4-5H,2-3H2,1H3,(H2,14,15)(H,17,18). The molecule has 1 heterocycles. The lowest BCUT2D eigenvalue weighted by molar-refractivity contribution is 0.0691. The molecule has 3 N–H and O–H groups in total. The van der Waals surface area contributed by atoms with Crippen molar-refractivity contribution in [3.63, 3.8) is 0 Å². The van der Waals surface area contributed by atoms with E-state index in [-0.39, 0.29) is 11.4 Å². The Bertz CT molecular complexity index is 628. The SMILES string of the molecule is CCCc1c(Cl)ccc2c(N)c(C(=O)O)nnc12. The van der Waals surface area contributed by atoms with Gasteiger partial charge in [-0.2, -0.15) is 0 Å². The number of carboxylic acids is 1. The highest BCUT2D eigenvalue weighted by atomic mass is 35.5. The van der Waals surface area contributed by atoms with Gasteiger partial charge in [0.15, 0.2) is 5.69 Å². The highest BCUT2D eigenvalue weighted by Gasteiger charge is 2.16. The monoisotopic (exact) mass is 265 g/mol. The minimum Gasteiger partial charge on any atom is -0.476 e. The number of fused-ring (bicyclic) bond motifs is 1. The molecule has 1 aromatic carbocycles. The molecule has 0 saturated heterocycles. The van der Waals surface area contributed by atoms with Gasteiger partial charge in [0.25, 0.3) is 0 Å². The predicted octanol–water partition coefficient (Wildman–Crippen LogP) is 2.52. The van der Waals surface area contributed by atoms with Crippen molar-refractivity contribution in [2.24, 2.45) is 0 Å². The lowest BCUT2D eigenvalue weighted by Crippen LogP contribution is -2.08. The van der Waals surface area contributed by atoms with Gasteiger partial charge < -0.3 is 10.8 Å². The van der Waals surface area contributed by atoms with Crippen LogP contribution in [0, 0.1) is 0 Å². The zero-order valence-corrected chi connectivity index (χ0v) is 10.5. The van der Waals surface area contributed by atoms with Gasteiger partial charge in [0, 0.05) is 10.4 Å². The number of halogens is 1. The number of nitrogens with two attached hydrogens (primary N) is 1. The van der Waals surface area contributed by atoms with Gasteiger partial charge in [0.2, 0.25) is 0 Å². The number of hydrogen-bond acceptors (Lipinski definition) is 4. The Morgan fingerprint density at radius 3 is 2.78 bits per heavy atom. The largest absolute Gasteiger partial charge is 0.476 e. The third-order valence-electron chi connectivity index (χ3n) is 2.72. The van der Waals surface area contributed by atoms with Gasteiger partial charge in [-0.05, 0) is 24.1 Å². The summed E-state index contributed by atoms with van der Waals surface area (Å²) in [6.07, 6.45) is 1.65. The van der Waals surface area contributed by atoms with Gasteiger partial charge in [-0.25, -0.2) is 4.79 Å². The summed E-state index contributed by atoms with van der Waals surface area (Å²) in [4.78, 5) is 10.9. The molecule has 94 valence electrons. The number of anilines is 1. The number of rotatable bonds is 3. The summed E-state index contributed by atoms with van der Waals surface area (Å²) in [5, 5.41) is 17.7. The Balaban J connectivity index is 2.77. The van der Waals surface area contributed by atoms with Gasteiger partial charge in [-0.1, -0.05) is 24.9 Å². The van der Waals surface area contributed by atoms with Crippen molar-refractivity contribution in [2.45, 2.75) is 19.8 Å². The van der Waals surface area contributed by atoms with Crippen molar-refractivity contribution in [1.82, 2.24) is 10.2 Å². The summed E-state index contributed by atoms with van der Waals surface area (Å²) in [5.41, 5.74) is 7.14. The third-order valence-corrected chi connectivity index (χ3v) is 3.08. The third kappa shape index (κ3) is 1.97. The van der Waals surface area contributed by atoms with E-state index in [1.54, 1.807) is 12.1 Å². The van der Waals surface area contributed by atoms with Crippen LogP contribution < -0.4 is 5.73 Å². The molecule has 0 atom stereocenters. The maximum Gasteiger partial charge on any atom is 0.358 e. The van der Waals surface area contributed by atoms with E-state index >= 15 is 0 Å². The summed E-state index contributed by atoms with van der Waals surface area (Å²) < 4.78 is 0. The minimum atomic E-state index is -1.19. The van der Waals surface area contributed by atoms with Crippen LogP contribution in [0.15, 0.2) is 12.1 Å². The van der Waals surface area contributed by atoms with Crippen molar-refractivity contribution in [3.05, 3.63) is 28.4 Å². The van der Waals surface area contributed by atoms with Crippen LogP contribution in [0.3, 0.4) is 0 Å². The summed E-state index contributed by atoms with van der Waals surface area (Å²) in [6, 6.07) is 3.38. The zero-order chi connectivity index (χ0) is 13.3. The quantitative estimate of drug-likeness (QED) is 0.890. The topological polar surface area (TPSA) is 89.1 Å². The second-order valence-electron chi connectivity index (χ2n) is 3.94. The minimum absolute atomic E-state index is 0.126. The summed E-state index contributed by atoms with van der Waals surface area (Å²) in [6.45, 7) is 2.03. The van der Waals surface area contributed by atoms with Crippen molar-refractivity contribution in [3.8, 4) is 0 Å². The molecule has 0 fully saturated rings. The van der Waals surface area contributed by atoms with Crippen LogP contribution in [0.1, 0.15) is 29.4 Å². The average Bonchev–Trinajstić information content (AvgIpc) is 2.33. The average molecular weight is 266 g/mol. The maximum atomic E-state index is 10.9. The first-order valence-electron chi connectivity index (χ1n) is 5.52. The summed E-state index contributed by atoms with van der Waals surface area (Å²) >= 11 is 6.11. The molecule has 1 aromatic heterocycles. The Kier molecular flexibility index (Phi) is 3.34. The Morgan fingerprint density at radius 2 is 2.17 bits per heavy atom. The van der Waals surface area contributed by atoms with Crippen LogP contribution in [0.2, 0.25) is 5.02 Å². The molecule has 2 aromatic rings. The molecule has 0 aliphatic heterocycles. The fourth-order valence-electron chi connectivity index (χ4n) is 1.87. The molecule has 0 aliphatic rings. The number of aryl methyl sites for hydroxylation is 1. The van der Waals surface area contributed by atoms with Gasteiger partial charge in [0.05, 0.1) is 11.2 Å². The van der Waals surface area contributed by atoms with Crippen molar-refractivity contribution in [1.29, 1.82) is 0 Å². The van der Waals surface area contributed by atoms with E-state index in [1.165, 1.54) is 0 Å². The first-order chi connectivity index (χ1) is 8.56. The van der Waals surface area contributed by atoms with Crippen LogP contribution in [0.25, 0.3) is 10.9 Å². The molecule has 0 bridgehead atoms. The predicted molar refractivity (Wildman–Crippen MR) is 69.9 cm³/mol. The highest BCUT2D eigenvalue weighted by molar-refractivity contribution is 6.32. The number of hydrogen-bond donors (Lipinski definition) is 2. The Hall–Kier alpha value is -1.88. The number of nitrogens with zero attached hydrogens (tertiary/aromatic N) is 2. The molecule has 2 rings (SSSR count). The van der Waals surface area contributed by atoms with Crippen LogP contribution in [-0.2, 0) is 6.42 Å². The Morgan fingerprint density at radius 1 is 1.44 bits per heavy atom. The van der Waals surface area contributed by atoms with E-state index in [0.29, 0.717) is 15.9 Å². The number of aromatic nitrogens is 2.